The average molecular weight is 243 g/mol. The Morgan fingerprint density at radius 1 is 1.12 bits per heavy atom. The van der Waals surface area contributed by atoms with E-state index in [2.05, 4.69) is 23.9 Å². The van der Waals surface area contributed by atoms with Crippen LogP contribution in [0.4, 0.5) is 0 Å². The number of carbonyl (C=O) groups is 2. The SMILES string of the molecule is COC(=O)[C@H](CC(C)C)NC(=O)CCC(C)C. The Kier molecular flexibility index (Phi) is 7.59. The molecule has 0 heterocycles. The van der Waals surface area contributed by atoms with Crippen molar-refractivity contribution in [3.05, 3.63) is 0 Å². The van der Waals surface area contributed by atoms with Gasteiger partial charge in [0.15, 0.2) is 0 Å². The summed E-state index contributed by atoms with van der Waals surface area (Å²) in [6.07, 6.45) is 1.91. The van der Waals surface area contributed by atoms with Gasteiger partial charge in [0.25, 0.3) is 0 Å². The van der Waals surface area contributed by atoms with Gasteiger partial charge in [0, 0.05) is 6.42 Å². The first-order chi connectivity index (χ1) is 7.86. The Bertz CT molecular complexity index is 249. The van der Waals surface area contributed by atoms with Gasteiger partial charge in [0.1, 0.15) is 6.04 Å². The number of rotatable bonds is 7. The first-order valence-electron chi connectivity index (χ1n) is 6.24. The molecule has 0 aromatic carbocycles. The third-order valence-corrected chi connectivity index (χ3v) is 2.48. The van der Waals surface area contributed by atoms with Crippen molar-refractivity contribution in [1.29, 1.82) is 0 Å². The fourth-order valence-corrected chi connectivity index (χ4v) is 1.51. The van der Waals surface area contributed by atoms with Gasteiger partial charge in [-0.3, -0.25) is 4.79 Å². The van der Waals surface area contributed by atoms with E-state index in [-0.39, 0.29) is 11.9 Å². The van der Waals surface area contributed by atoms with Gasteiger partial charge in [0.05, 0.1) is 7.11 Å². The maximum atomic E-state index is 11.6. The molecule has 0 fully saturated rings. The molecule has 17 heavy (non-hydrogen) atoms. The van der Waals surface area contributed by atoms with E-state index in [4.69, 9.17) is 0 Å². The number of ether oxygens (including phenoxy) is 1. The van der Waals surface area contributed by atoms with Crippen LogP contribution in [0, 0.1) is 11.8 Å². The zero-order valence-electron chi connectivity index (χ0n) is 11.6. The highest BCUT2D eigenvalue weighted by Crippen LogP contribution is 2.08. The van der Waals surface area contributed by atoms with Crippen molar-refractivity contribution in [3.63, 3.8) is 0 Å². The minimum absolute atomic E-state index is 0.0743. The maximum Gasteiger partial charge on any atom is 0.328 e. The van der Waals surface area contributed by atoms with E-state index >= 15 is 0 Å². The normalized spacial score (nSPS) is 12.6. The summed E-state index contributed by atoms with van der Waals surface area (Å²) in [6.45, 7) is 8.16. The Morgan fingerprint density at radius 3 is 2.12 bits per heavy atom. The highest BCUT2D eigenvalue weighted by molar-refractivity contribution is 5.84. The molecule has 1 amide bonds. The van der Waals surface area contributed by atoms with Gasteiger partial charge in [0.2, 0.25) is 5.91 Å². The highest BCUT2D eigenvalue weighted by Gasteiger charge is 2.22. The van der Waals surface area contributed by atoms with Gasteiger partial charge >= 0.3 is 5.97 Å². The van der Waals surface area contributed by atoms with E-state index in [0.717, 1.165) is 6.42 Å². The van der Waals surface area contributed by atoms with Gasteiger partial charge in [-0.05, 0) is 24.7 Å². The molecule has 4 heteroatoms. The molecule has 0 rings (SSSR count). The van der Waals surface area contributed by atoms with E-state index in [1.165, 1.54) is 7.11 Å². The van der Waals surface area contributed by atoms with Crippen molar-refractivity contribution in [3.8, 4) is 0 Å². The summed E-state index contributed by atoms with van der Waals surface area (Å²) < 4.78 is 4.69. The number of hydrogen-bond donors (Lipinski definition) is 1. The molecule has 1 N–H and O–H groups in total. The fourth-order valence-electron chi connectivity index (χ4n) is 1.51. The molecular weight excluding hydrogens is 218 g/mol. The quantitative estimate of drug-likeness (QED) is 0.697. The summed E-state index contributed by atoms with van der Waals surface area (Å²) in [5.74, 6) is 0.387. The molecule has 0 aliphatic rings. The van der Waals surface area contributed by atoms with Crippen LogP contribution in [0.1, 0.15) is 47.0 Å². The van der Waals surface area contributed by atoms with Gasteiger partial charge in [-0.15, -0.1) is 0 Å². The topological polar surface area (TPSA) is 55.4 Å². The molecule has 4 nitrogen and oxygen atoms in total. The smallest absolute Gasteiger partial charge is 0.328 e. The van der Waals surface area contributed by atoms with Crippen molar-refractivity contribution in [1.82, 2.24) is 5.32 Å². The lowest BCUT2D eigenvalue weighted by atomic mass is 10.0. The summed E-state index contributed by atoms with van der Waals surface area (Å²) >= 11 is 0. The average Bonchev–Trinajstić information content (AvgIpc) is 2.23. The molecule has 0 aromatic heterocycles. The molecule has 100 valence electrons. The number of hydrogen-bond acceptors (Lipinski definition) is 3. The van der Waals surface area contributed by atoms with E-state index < -0.39 is 6.04 Å². The summed E-state index contributed by atoms with van der Waals surface area (Å²) in [6, 6.07) is -0.514. The molecule has 0 unspecified atom stereocenters. The zero-order chi connectivity index (χ0) is 13.4. The molecule has 0 saturated heterocycles. The molecular formula is C13H25NO3. The van der Waals surface area contributed by atoms with Crippen LogP contribution >= 0.6 is 0 Å². The molecule has 0 aliphatic carbocycles. The monoisotopic (exact) mass is 243 g/mol. The van der Waals surface area contributed by atoms with Crippen LogP contribution in [-0.4, -0.2) is 25.0 Å². The number of methoxy groups -OCH3 is 1. The van der Waals surface area contributed by atoms with E-state index in [1.54, 1.807) is 0 Å². The van der Waals surface area contributed by atoms with E-state index in [0.29, 0.717) is 24.7 Å². The predicted octanol–water partition coefficient (Wildman–Crippen LogP) is 2.13. The second kappa shape index (κ2) is 8.09. The van der Waals surface area contributed by atoms with Gasteiger partial charge < -0.3 is 10.1 Å². The molecule has 0 aromatic rings. The van der Waals surface area contributed by atoms with Crippen LogP contribution in [0.5, 0.6) is 0 Å². The third-order valence-electron chi connectivity index (χ3n) is 2.48. The Hall–Kier alpha value is -1.06. The first kappa shape index (κ1) is 15.9. The predicted molar refractivity (Wildman–Crippen MR) is 67.5 cm³/mol. The summed E-state index contributed by atoms with van der Waals surface area (Å²) in [7, 11) is 1.34. The Balaban J connectivity index is 4.22. The fraction of sp³-hybridized carbons (Fsp3) is 0.846. The van der Waals surface area contributed by atoms with Crippen molar-refractivity contribution < 1.29 is 14.3 Å². The van der Waals surface area contributed by atoms with Crippen LogP contribution in [0.15, 0.2) is 0 Å². The van der Waals surface area contributed by atoms with Crippen LogP contribution in [0.2, 0.25) is 0 Å². The maximum absolute atomic E-state index is 11.6. The van der Waals surface area contributed by atoms with Crippen molar-refractivity contribution in [2.75, 3.05) is 7.11 Å². The highest BCUT2D eigenvalue weighted by atomic mass is 16.5. The van der Waals surface area contributed by atoms with Crippen LogP contribution in [0.3, 0.4) is 0 Å². The number of nitrogens with one attached hydrogen (secondary N) is 1. The van der Waals surface area contributed by atoms with E-state index in [1.807, 2.05) is 13.8 Å². The standard InChI is InChI=1S/C13H25NO3/c1-9(2)6-7-12(15)14-11(8-10(3)4)13(16)17-5/h9-11H,6-8H2,1-5H3,(H,14,15)/t11-/m0/s1. The second-order valence-electron chi connectivity index (χ2n) is 5.21. The largest absolute Gasteiger partial charge is 0.467 e. The minimum Gasteiger partial charge on any atom is -0.467 e. The van der Waals surface area contributed by atoms with Crippen LogP contribution in [-0.2, 0) is 14.3 Å². The third kappa shape index (κ3) is 7.77. The molecule has 0 spiro atoms. The lowest BCUT2D eigenvalue weighted by molar-refractivity contribution is -0.145. The second-order valence-corrected chi connectivity index (χ2v) is 5.21. The number of esters is 1. The van der Waals surface area contributed by atoms with Gasteiger partial charge in [-0.1, -0.05) is 27.7 Å². The lowest BCUT2D eigenvalue weighted by Crippen LogP contribution is -2.42. The summed E-state index contributed by atoms with van der Waals surface area (Å²) in [5.41, 5.74) is 0. The summed E-state index contributed by atoms with van der Waals surface area (Å²) in [5, 5.41) is 2.74. The van der Waals surface area contributed by atoms with E-state index in [9.17, 15) is 9.59 Å². The molecule has 0 aliphatic heterocycles. The van der Waals surface area contributed by atoms with Gasteiger partial charge in [-0.2, -0.15) is 0 Å². The molecule has 1 atom stereocenters. The molecule has 0 radical (unpaired) electrons. The minimum atomic E-state index is -0.514. The van der Waals surface area contributed by atoms with Crippen LogP contribution < -0.4 is 5.32 Å². The summed E-state index contributed by atoms with van der Waals surface area (Å²) in [4.78, 5) is 23.1. The number of amides is 1. The van der Waals surface area contributed by atoms with Crippen molar-refractivity contribution in [2.24, 2.45) is 11.8 Å². The van der Waals surface area contributed by atoms with Crippen LogP contribution in [0.25, 0.3) is 0 Å². The number of carbonyl (C=O) groups excluding carboxylic acids is 2. The van der Waals surface area contributed by atoms with Gasteiger partial charge in [-0.25, -0.2) is 4.79 Å². The molecule has 0 saturated carbocycles. The zero-order valence-corrected chi connectivity index (χ0v) is 11.6. The lowest BCUT2D eigenvalue weighted by Gasteiger charge is -2.18. The first-order valence-corrected chi connectivity index (χ1v) is 6.24. The van der Waals surface area contributed by atoms with Crippen molar-refractivity contribution in [2.45, 2.75) is 53.0 Å². The molecule has 0 bridgehead atoms. The Morgan fingerprint density at radius 2 is 1.71 bits per heavy atom. The Labute approximate surface area is 104 Å². The van der Waals surface area contributed by atoms with Crippen molar-refractivity contribution >= 4 is 11.9 Å².